The number of furan rings is 1. The molecular formula is C14H15BrN2O3. The lowest BCUT2D eigenvalue weighted by Gasteiger charge is -2.13. The molecule has 0 fully saturated rings. The lowest BCUT2D eigenvalue weighted by Crippen LogP contribution is -2.38. The summed E-state index contributed by atoms with van der Waals surface area (Å²) in [4.78, 5) is 15.3. The largest absolute Gasteiger partial charge is 0.480 e. The minimum atomic E-state index is -0.895. The topological polar surface area (TPSA) is 75.4 Å². The van der Waals surface area contributed by atoms with Gasteiger partial charge in [-0.1, -0.05) is 0 Å². The number of carboxylic acid groups (broad SMARTS) is 1. The first-order chi connectivity index (χ1) is 9.54. The van der Waals surface area contributed by atoms with Crippen LogP contribution < -0.4 is 5.32 Å². The van der Waals surface area contributed by atoms with Gasteiger partial charge in [-0.15, -0.1) is 0 Å². The van der Waals surface area contributed by atoms with E-state index >= 15 is 0 Å². The van der Waals surface area contributed by atoms with Crippen LogP contribution in [0, 0.1) is 6.92 Å². The number of carbonyl (C=O) groups is 1. The highest BCUT2D eigenvalue weighted by molar-refractivity contribution is 9.10. The van der Waals surface area contributed by atoms with E-state index in [0.717, 1.165) is 21.4 Å². The maximum Gasteiger partial charge on any atom is 0.321 e. The van der Waals surface area contributed by atoms with E-state index in [1.54, 1.807) is 18.7 Å². The monoisotopic (exact) mass is 338 g/mol. The summed E-state index contributed by atoms with van der Waals surface area (Å²) in [5.74, 6) is -0.172. The first-order valence-corrected chi connectivity index (χ1v) is 6.93. The summed E-state index contributed by atoms with van der Waals surface area (Å²) in [6.07, 6.45) is 5.34. The Hall–Kier alpha value is -1.66. The Bertz CT molecular complexity index is 598. The predicted molar refractivity (Wildman–Crippen MR) is 77.3 cm³/mol. The number of aliphatic carboxylic acids is 1. The van der Waals surface area contributed by atoms with E-state index in [1.165, 1.54) is 0 Å². The van der Waals surface area contributed by atoms with Gasteiger partial charge in [0, 0.05) is 23.3 Å². The summed E-state index contributed by atoms with van der Waals surface area (Å²) in [6, 6.07) is 3.06. The molecule has 2 heterocycles. The standard InChI is InChI=1S/C14H15BrN2O3/c1-9-2-12(20-8-9)7-17-13(14(18)19)4-10-3-11(15)6-16-5-10/h2-3,5-6,8,13,17H,4,7H2,1H3,(H,18,19). The van der Waals surface area contributed by atoms with Crippen molar-refractivity contribution >= 4 is 21.9 Å². The molecule has 20 heavy (non-hydrogen) atoms. The zero-order valence-electron chi connectivity index (χ0n) is 11.0. The number of halogens is 1. The van der Waals surface area contributed by atoms with E-state index in [9.17, 15) is 9.90 Å². The van der Waals surface area contributed by atoms with Gasteiger partial charge >= 0.3 is 5.97 Å². The van der Waals surface area contributed by atoms with Crippen LogP contribution in [0.3, 0.4) is 0 Å². The van der Waals surface area contributed by atoms with Gasteiger partial charge in [0.05, 0.1) is 12.8 Å². The van der Waals surface area contributed by atoms with Crippen LogP contribution in [0.5, 0.6) is 0 Å². The van der Waals surface area contributed by atoms with Crippen molar-refractivity contribution < 1.29 is 14.3 Å². The summed E-state index contributed by atoms with van der Waals surface area (Å²) >= 11 is 3.32. The summed E-state index contributed by atoms with van der Waals surface area (Å²) in [6.45, 7) is 2.31. The molecule has 0 aliphatic carbocycles. The maximum absolute atomic E-state index is 11.3. The molecule has 2 rings (SSSR count). The molecule has 0 spiro atoms. The van der Waals surface area contributed by atoms with Gasteiger partial charge in [0.15, 0.2) is 0 Å². The van der Waals surface area contributed by atoms with E-state index in [0.29, 0.717) is 13.0 Å². The number of pyridine rings is 1. The molecule has 0 bridgehead atoms. The van der Waals surface area contributed by atoms with Gasteiger partial charge in [-0.25, -0.2) is 0 Å². The number of hydrogen-bond donors (Lipinski definition) is 2. The molecule has 6 heteroatoms. The molecule has 2 aromatic rings. The van der Waals surface area contributed by atoms with Crippen LogP contribution >= 0.6 is 15.9 Å². The molecule has 0 aliphatic heterocycles. The van der Waals surface area contributed by atoms with Gasteiger partial charge in [0.1, 0.15) is 11.8 Å². The SMILES string of the molecule is Cc1coc(CNC(Cc2cncc(Br)c2)C(=O)O)c1. The fraction of sp³-hybridized carbons (Fsp3) is 0.286. The molecule has 0 aromatic carbocycles. The van der Waals surface area contributed by atoms with Crippen molar-refractivity contribution in [2.45, 2.75) is 25.9 Å². The molecule has 5 nitrogen and oxygen atoms in total. The molecule has 0 saturated carbocycles. The van der Waals surface area contributed by atoms with Crippen molar-refractivity contribution in [1.82, 2.24) is 10.3 Å². The normalized spacial score (nSPS) is 12.3. The van der Waals surface area contributed by atoms with E-state index < -0.39 is 12.0 Å². The van der Waals surface area contributed by atoms with Gasteiger partial charge in [-0.05, 0) is 46.1 Å². The Morgan fingerprint density at radius 2 is 2.30 bits per heavy atom. The van der Waals surface area contributed by atoms with Crippen LogP contribution in [0.15, 0.2) is 39.7 Å². The van der Waals surface area contributed by atoms with Crippen molar-refractivity contribution in [1.29, 1.82) is 0 Å². The minimum Gasteiger partial charge on any atom is -0.480 e. The van der Waals surface area contributed by atoms with E-state index in [4.69, 9.17) is 4.42 Å². The first kappa shape index (κ1) is 14.7. The molecule has 1 atom stereocenters. The molecule has 106 valence electrons. The third-order valence-electron chi connectivity index (χ3n) is 2.81. The quantitative estimate of drug-likeness (QED) is 0.846. The van der Waals surface area contributed by atoms with E-state index in [1.807, 2.05) is 19.1 Å². The fourth-order valence-electron chi connectivity index (χ4n) is 1.86. The van der Waals surface area contributed by atoms with Crippen LogP contribution in [0.2, 0.25) is 0 Å². The smallest absolute Gasteiger partial charge is 0.321 e. The average Bonchev–Trinajstić information content (AvgIpc) is 2.80. The van der Waals surface area contributed by atoms with Crippen LogP contribution in [-0.4, -0.2) is 22.1 Å². The Kier molecular flexibility index (Phi) is 4.92. The van der Waals surface area contributed by atoms with Crippen LogP contribution in [0.1, 0.15) is 16.9 Å². The number of aromatic nitrogens is 1. The molecular weight excluding hydrogens is 324 g/mol. The lowest BCUT2D eigenvalue weighted by molar-refractivity contribution is -0.139. The third kappa shape index (κ3) is 4.18. The second-order valence-electron chi connectivity index (χ2n) is 4.58. The van der Waals surface area contributed by atoms with E-state index in [-0.39, 0.29) is 0 Å². The predicted octanol–water partition coefficient (Wildman–Crippen LogP) is 2.53. The van der Waals surface area contributed by atoms with Gasteiger partial charge in [0.25, 0.3) is 0 Å². The number of aryl methyl sites for hydroxylation is 1. The molecule has 0 aliphatic rings. The summed E-state index contributed by atoms with van der Waals surface area (Å²) < 4.78 is 6.12. The maximum atomic E-state index is 11.3. The third-order valence-corrected chi connectivity index (χ3v) is 3.24. The van der Waals surface area contributed by atoms with Crippen LogP contribution in [0.25, 0.3) is 0 Å². The van der Waals surface area contributed by atoms with Crippen LogP contribution in [-0.2, 0) is 17.8 Å². The van der Waals surface area contributed by atoms with Crippen molar-refractivity contribution in [2.75, 3.05) is 0 Å². The molecule has 2 N–H and O–H groups in total. The zero-order chi connectivity index (χ0) is 14.5. The number of hydrogen-bond acceptors (Lipinski definition) is 4. The summed E-state index contributed by atoms with van der Waals surface area (Å²) in [5.41, 5.74) is 1.87. The highest BCUT2D eigenvalue weighted by Gasteiger charge is 2.18. The van der Waals surface area contributed by atoms with Gasteiger partial charge in [0.2, 0.25) is 0 Å². The van der Waals surface area contributed by atoms with E-state index in [2.05, 4.69) is 26.2 Å². The summed E-state index contributed by atoms with van der Waals surface area (Å²) in [5, 5.41) is 12.2. The molecule has 0 amide bonds. The molecule has 0 radical (unpaired) electrons. The first-order valence-electron chi connectivity index (χ1n) is 6.14. The molecule has 2 aromatic heterocycles. The van der Waals surface area contributed by atoms with Crippen molar-refractivity contribution in [3.8, 4) is 0 Å². The molecule has 0 saturated heterocycles. The number of nitrogens with one attached hydrogen (secondary N) is 1. The Morgan fingerprint density at radius 3 is 2.90 bits per heavy atom. The number of carboxylic acids is 1. The second kappa shape index (κ2) is 6.67. The highest BCUT2D eigenvalue weighted by atomic mass is 79.9. The Balaban J connectivity index is 1.98. The van der Waals surface area contributed by atoms with Gasteiger partial charge in [-0.3, -0.25) is 15.1 Å². The van der Waals surface area contributed by atoms with Gasteiger partial charge < -0.3 is 9.52 Å². The fourth-order valence-corrected chi connectivity index (χ4v) is 2.27. The Labute approximate surface area is 125 Å². The van der Waals surface area contributed by atoms with Crippen molar-refractivity contribution in [3.63, 3.8) is 0 Å². The van der Waals surface area contributed by atoms with Gasteiger partial charge in [-0.2, -0.15) is 0 Å². The average molecular weight is 339 g/mol. The zero-order valence-corrected chi connectivity index (χ0v) is 12.6. The number of rotatable bonds is 6. The number of nitrogens with zero attached hydrogens (tertiary/aromatic N) is 1. The second-order valence-corrected chi connectivity index (χ2v) is 5.49. The lowest BCUT2D eigenvalue weighted by atomic mass is 10.1. The minimum absolute atomic E-state index is 0.363. The summed E-state index contributed by atoms with van der Waals surface area (Å²) in [7, 11) is 0. The van der Waals surface area contributed by atoms with Crippen molar-refractivity contribution in [2.24, 2.45) is 0 Å². The van der Waals surface area contributed by atoms with Crippen molar-refractivity contribution in [3.05, 3.63) is 52.1 Å². The Morgan fingerprint density at radius 1 is 1.50 bits per heavy atom. The van der Waals surface area contributed by atoms with Crippen LogP contribution in [0.4, 0.5) is 0 Å². The highest BCUT2D eigenvalue weighted by Crippen LogP contribution is 2.12. The molecule has 1 unspecified atom stereocenters.